The number of hydrogen-bond acceptors (Lipinski definition) is 4. The molecule has 8 aromatic rings. The van der Waals surface area contributed by atoms with Crippen LogP contribution in [0.15, 0.2) is 121 Å². The number of aromatic nitrogens is 4. The van der Waals surface area contributed by atoms with Crippen molar-refractivity contribution in [3.05, 3.63) is 145 Å². The summed E-state index contributed by atoms with van der Waals surface area (Å²) in [6.07, 6.45) is 0.400. The molecular formula is C37H22N4Pt. The maximum atomic E-state index is 5.07. The van der Waals surface area contributed by atoms with Gasteiger partial charge in [-0.3, -0.25) is 9.97 Å². The predicted molar refractivity (Wildman–Crippen MR) is 165 cm³/mol. The second-order valence-electron chi connectivity index (χ2n) is 10.1. The van der Waals surface area contributed by atoms with Gasteiger partial charge in [0.2, 0.25) is 0 Å². The standard InChI is InChI=1S/C37H22N4.Pt/c1-3-11-26-21-28(19-17-24(26)9-1)36-30-13-5-7-15-32(30)38-34(40-36)23-35-39-33-16-8-6-14-31(33)37(41-35)29-20-18-25-10-2-4-12-27(25)22-29;/h1-18,21-22H,23H2;/q-2;+2. The van der Waals surface area contributed by atoms with Crippen LogP contribution < -0.4 is 0 Å². The number of nitrogens with zero attached hydrogens (tertiary/aromatic N) is 4. The Balaban J connectivity index is 0.00000288. The third-order valence-electron chi connectivity index (χ3n) is 7.48. The van der Waals surface area contributed by atoms with E-state index >= 15 is 0 Å². The van der Waals surface area contributed by atoms with Gasteiger partial charge in [0.25, 0.3) is 0 Å². The second-order valence-corrected chi connectivity index (χ2v) is 10.1. The van der Waals surface area contributed by atoms with Crippen molar-refractivity contribution < 1.29 is 21.1 Å². The Morgan fingerprint density at radius 1 is 0.452 bits per heavy atom. The van der Waals surface area contributed by atoms with Crippen LogP contribution in [0.3, 0.4) is 0 Å². The van der Waals surface area contributed by atoms with Crippen molar-refractivity contribution in [3.8, 4) is 22.5 Å². The zero-order chi connectivity index (χ0) is 27.2. The fourth-order valence-electron chi connectivity index (χ4n) is 5.49. The van der Waals surface area contributed by atoms with Gasteiger partial charge in [0.1, 0.15) is 11.6 Å². The molecule has 0 spiro atoms. The summed E-state index contributed by atoms with van der Waals surface area (Å²) in [5, 5.41) is 6.59. The van der Waals surface area contributed by atoms with Crippen molar-refractivity contribution in [2.45, 2.75) is 6.42 Å². The van der Waals surface area contributed by atoms with Crippen LogP contribution in [0, 0.1) is 12.1 Å². The predicted octanol–water partition coefficient (Wildman–Crippen LogP) is 8.40. The Labute approximate surface area is 257 Å². The maximum Gasteiger partial charge on any atom is 2.00 e. The minimum atomic E-state index is 0. The molecule has 0 aliphatic heterocycles. The van der Waals surface area contributed by atoms with Crippen LogP contribution >= 0.6 is 0 Å². The molecule has 0 bridgehead atoms. The van der Waals surface area contributed by atoms with Crippen LogP contribution in [-0.2, 0) is 27.5 Å². The molecule has 200 valence electrons. The monoisotopic (exact) mass is 717 g/mol. The molecule has 2 aromatic heterocycles. The third-order valence-corrected chi connectivity index (χ3v) is 7.48. The Bertz CT molecular complexity index is 2100. The van der Waals surface area contributed by atoms with Gasteiger partial charge < -0.3 is 0 Å². The van der Waals surface area contributed by atoms with Crippen molar-refractivity contribution in [1.82, 2.24) is 19.9 Å². The number of hydrogen-bond donors (Lipinski definition) is 0. The molecule has 42 heavy (non-hydrogen) atoms. The van der Waals surface area contributed by atoms with Crippen molar-refractivity contribution >= 4 is 43.4 Å². The summed E-state index contributed by atoms with van der Waals surface area (Å²) in [5.74, 6) is 1.34. The van der Waals surface area contributed by atoms with E-state index in [9.17, 15) is 0 Å². The molecule has 0 aliphatic rings. The van der Waals surface area contributed by atoms with E-state index in [4.69, 9.17) is 19.9 Å². The van der Waals surface area contributed by atoms with E-state index < -0.39 is 0 Å². The molecule has 0 N–H and O–H groups in total. The Morgan fingerprint density at radius 3 is 1.33 bits per heavy atom. The summed E-state index contributed by atoms with van der Waals surface area (Å²) in [6, 6.07) is 48.1. The summed E-state index contributed by atoms with van der Waals surface area (Å²) in [7, 11) is 0. The van der Waals surface area contributed by atoms with E-state index in [-0.39, 0.29) is 21.1 Å². The first kappa shape index (κ1) is 26.1. The topological polar surface area (TPSA) is 51.6 Å². The van der Waals surface area contributed by atoms with Crippen LogP contribution in [0.25, 0.3) is 65.9 Å². The van der Waals surface area contributed by atoms with Gasteiger partial charge in [-0.15, -0.1) is 58.3 Å². The largest absolute Gasteiger partial charge is 2.00 e. The van der Waals surface area contributed by atoms with Crippen molar-refractivity contribution in [2.24, 2.45) is 0 Å². The number of rotatable bonds is 4. The minimum Gasteiger partial charge on any atom is -0.282 e. The van der Waals surface area contributed by atoms with Crippen molar-refractivity contribution in [3.63, 3.8) is 0 Å². The average Bonchev–Trinajstić information content (AvgIpc) is 3.03. The van der Waals surface area contributed by atoms with Gasteiger partial charge in [-0.2, -0.15) is 0 Å². The Hall–Kier alpha value is -4.79. The zero-order valence-electron chi connectivity index (χ0n) is 22.4. The molecule has 0 amide bonds. The van der Waals surface area contributed by atoms with Crippen molar-refractivity contribution in [2.75, 3.05) is 0 Å². The summed E-state index contributed by atoms with van der Waals surface area (Å²) in [5.41, 5.74) is 5.38. The first-order chi connectivity index (χ1) is 20.3. The Morgan fingerprint density at radius 2 is 0.857 bits per heavy atom. The first-order valence-electron chi connectivity index (χ1n) is 13.6. The molecule has 0 atom stereocenters. The van der Waals surface area contributed by atoms with E-state index in [1.807, 2.05) is 60.7 Å². The van der Waals surface area contributed by atoms with Gasteiger partial charge in [-0.25, -0.2) is 9.97 Å². The summed E-state index contributed by atoms with van der Waals surface area (Å²) in [4.78, 5) is 20.0. The van der Waals surface area contributed by atoms with Crippen LogP contribution in [0.1, 0.15) is 11.6 Å². The van der Waals surface area contributed by atoms with Gasteiger partial charge in [-0.1, -0.05) is 95.7 Å². The molecule has 0 saturated carbocycles. The van der Waals surface area contributed by atoms with Crippen LogP contribution in [0.4, 0.5) is 0 Å². The van der Waals surface area contributed by atoms with E-state index in [0.29, 0.717) is 18.1 Å². The molecule has 0 aliphatic carbocycles. The normalized spacial score (nSPS) is 11.2. The van der Waals surface area contributed by atoms with Gasteiger partial charge in [0.15, 0.2) is 0 Å². The average molecular weight is 718 g/mol. The van der Waals surface area contributed by atoms with E-state index in [0.717, 1.165) is 65.9 Å². The van der Waals surface area contributed by atoms with E-state index in [2.05, 4.69) is 72.8 Å². The smallest absolute Gasteiger partial charge is 0.282 e. The first-order valence-corrected chi connectivity index (χ1v) is 13.6. The second kappa shape index (κ2) is 10.9. The zero-order valence-corrected chi connectivity index (χ0v) is 24.6. The van der Waals surface area contributed by atoms with Crippen LogP contribution in [0.2, 0.25) is 0 Å². The maximum absolute atomic E-state index is 5.07. The molecule has 6 aromatic carbocycles. The fourth-order valence-corrected chi connectivity index (χ4v) is 5.49. The minimum absolute atomic E-state index is 0. The van der Waals surface area contributed by atoms with Gasteiger partial charge in [0.05, 0.1) is 17.5 Å². The Kier molecular flexibility index (Phi) is 6.77. The van der Waals surface area contributed by atoms with E-state index in [1.165, 1.54) is 0 Å². The van der Waals surface area contributed by atoms with E-state index in [1.54, 1.807) is 0 Å². The fraction of sp³-hybridized carbons (Fsp3) is 0.0270. The summed E-state index contributed by atoms with van der Waals surface area (Å²) >= 11 is 0. The number of para-hydroxylation sites is 2. The molecule has 0 saturated heterocycles. The SMILES string of the molecule is [Pt+2].[c-]1cc2ccccc2cc1-c1nc(Cc2nc(-c3[c-]cc4ccccc4c3)c3ccccc3n2)nc2ccccc12. The van der Waals surface area contributed by atoms with Gasteiger partial charge >= 0.3 is 21.1 Å². The number of fused-ring (bicyclic) bond motifs is 4. The van der Waals surface area contributed by atoms with Gasteiger partial charge in [-0.05, 0) is 34.3 Å². The third kappa shape index (κ3) is 4.74. The van der Waals surface area contributed by atoms with Crippen molar-refractivity contribution in [1.29, 1.82) is 0 Å². The van der Waals surface area contributed by atoms with Crippen LogP contribution in [-0.4, -0.2) is 19.9 Å². The number of benzene rings is 6. The molecule has 0 fully saturated rings. The quantitative estimate of drug-likeness (QED) is 0.172. The summed E-state index contributed by atoms with van der Waals surface area (Å²) in [6.45, 7) is 0. The van der Waals surface area contributed by atoms with Gasteiger partial charge in [0, 0.05) is 0 Å². The molecule has 5 heteroatoms. The van der Waals surface area contributed by atoms with Crippen LogP contribution in [0.5, 0.6) is 0 Å². The molecule has 2 heterocycles. The molecule has 4 nitrogen and oxygen atoms in total. The molecular weight excluding hydrogens is 696 g/mol. The molecule has 0 radical (unpaired) electrons. The summed E-state index contributed by atoms with van der Waals surface area (Å²) < 4.78 is 0. The molecule has 8 rings (SSSR count). The molecule has 0 unspecified atom stereocenters.